The van der Waals surface area contributed by atoms with Crippen LogP contribution in [-0.2, 0) is 4.74 Å². The van der Waals surface area contributed by atoms with Crippen molar-refractivity contribution in [1.29, 1.82) is 0 Å². The van der Waals surface area contributed by atoms with Gasteiger partial charge in [-0.25, -0.2) is 4.79 Å². The van der Waals surface area contributed by atoms with Gasteiger partial charge in [0, 0.05) is 5.69 Å². The fourth-order valence-electron chi connectivity index (χ4n) is 1.59. The van der Waals surface area contributed by atoms with Crippen LogP contribution in [-0.4, -0.2) is 24.1 Å². The second kappa shape index (κ2) is 5.62. The number of thiophene rings is 1. The Morgan fingerprint density at radius 1 is 1.35 bits per heavy atom. The van der Waals surface area contributed by atoms with Crippen molar-refractivity contribution in [2.75, 3.05) is 18.2 Å². The smallest absolute Gasteiger partial charge is 0.350 e. The Morgan fingerprint density at radius 3 is 2.80 bits per heavy atom. The monoisotopic (exact) mass is 292 g/mol. The van der Waals surface area contributed by atoms with Gasteiger partial charge in [0.25, 0.3) is 5.91 Å². The van der Waals surface area contributed by atoms with Gasteiger partial charge in [0.2, 0.25) is 0 Å². The van der Waals surface area contributed by atoms with Crippen molar-refractivity contribution in [2.45, 2.75) is 0 Å². The molecule has 0 aliphatic carbocycles. The predicted molar refractivity (Wildman–Crippen MR) is 76.1 cm³/mol. The number of rotatable bonds is 3. The lowest BCUT2D eigenvalue weighted by atomic mass is 10.1. The number of nitrogen functional groups attached to an aromatic ring is 1. The number of carbonyl (C=O) groups excluding carboxylic acids is 2. The number of aromatic hydroxyl groups is 1. The standard InChI is InChI=1S/C13H12N2O4S/c1-19-13(18)11-10(4-5-20-11)15-12(17)8-6-7(16)2-3-9(8)14/h2-6,16H,14H2,1H3,(H,15,17). The number of benzene rings is 1. The first-order valence-corrected chi connectivity index (χ1v) is 6.46. The molecule has 0 spiro atoms. The Hall–Kier alpha value is -2.54. The highest BCUT2D eigenvalue weighted by molar-refractivity contribution is 7.12. The zero-order valence-electron chi connectivity index (χ0n) is 10.5. The van der Waals surface area contributed by atoms with Crippen LogP contribution in [0.15, 0.2) is 29.6 Å². The highest BCUT2D eigenvalue weighted by Crippen LogP contribution is 2.25. The number of carbonyl (C=O) groups is 2. The van der Waals surface area contributed by atoms with Crippen molar-refractivity contribution in [1.82, 2.24) is 0 Å². The van der Waals surface area contributed by atoms with E-state index in [2.05, 4.69) is 10.1 Å². The first-order chi connectivity index (χ1) is 9.52. The van der Waals surface area contributed by atoms with Crippen LogP contribution in [0.5, 0.6) is 5.75 Å². The molecular weight excluding hydrogens is 280 g/mol. The molecule has 6 nitrogen and oxygen atoms in total. The summed E-state index contributed by atoms with van der Waals surface area (Å²) >= 11 is 1.16. The summed E-state index contributed by atoms with van der Waals surface area (Å²) in [5, 5.41) is 13.6. The highest BCUT2D eigenvalue weighted by Gasteiger charge is 2.17. The lowest BCUT2D eigenvalue weighted by molar-refractivity contribution is 0.0607. The minimum absolute atomic E-state index is 0.0668. The van der Waals surface area contributed by atoms with E-state index in [-0.39, 0.29) is 17.0 Å². The number of anilines is 2. The van der Waals surface area contributed by atoms with Crippen molar-refractivity contribution < 1.29 is 19.4 Å². The number of esters is 1. The average Bonchev–Trinajstić information content (AvgIpc) is 2.88. The SMILES string of the molecule is COC(=O)c1sccc1NC(=O)c1cc(O)ccc1N. The fourth-order valence-corrected chi connectivity index (χ4v) is 2.35. The summed E-state index contributed by atoms with van der Waals surface area (Å²) < 4.78 is 4.62. The van der Waals surface area contributed by atoms with Gasteiger partial charge in [0.1, 0.15) is 10.6 Å². The van der Waals surface area contributed by atoms with E-state index in [1.165, 1.54) is 25.3 Å². The molecule has 1 heterocycles. The normalized spacial score (nSPS) is 10.1. The quantitative estimate of drug-likeness (QED) is 0.456. The molecule has 0 atom stereocenters. The van der Waals surface area contributed by atoms with Crippen molar-refractivity contribution in [3.05, 3.63) is 40.1 Å². The number of amides is 1. The molecule has 1 amide bonds. The second-order valence-corrected chi connectivity index (χ2v) is 4.80. The van der Waals surface area contributed by atoms with Crippen molar-refractivity contribution >= 4 is 34.6 Å². The summed E-state index contributed by atoms with van der Waals surface area (Å²) in [5.41, 5.74) is 6.39. The van der Waals surface area contributed by atoms with Gasteiger partial charge >= 0.3 is 5.97 Å². The van der Waals surface area contributed by atoms with Crippen LogP contribution in [0.3, 0.4) is 0 Å². The lowest BCUT2D eigenvalue weighted by Crippen LogP contribution is -2.15. The number of hydrogen-bond donors (Lipinski definition) is 3. The van der Waals surface area contributed by atoms with E-state index in [1.54, 1.807) is 11.4 Å². The van der Waals surface area contributed by atoms with Gasteiger partial charge < -0.3 is 20.9 Å². The van der Waals surface area contributed by atoms with Crippen molar-refractivity contribution in [2.24, 2.45) is 0 Å². The third-order valence-corrected chi connectivity index (χ3v) is 3.46. The summed E-state index contributed by atoms with van der Waals surface area (Å²) in [6.45, 7) is 0. The molecule has 2 aromatic rings. The zero-order chi connectivity index (χ0) is 14.7. The van der Waals surface area contributed by atoms with Crippen LogP contribution < -0.4 is 11.1 Å². The maximum Gasteiger partial charge on any atom is 0.350 e. The van der Waals surface area contributed by atoms with E-state index in [4.69, 9.17) is 5.73 Å². The van der Waals surface area contributed by atoms with E-state index in [0.29, 0.717) is 10.6 Å². The van der Waals surface area contributed by atoms with Gasteiger partial charge in [-0.1, -0.05) is 0 Å². The average molecular weight is 292 g/mol. The molecule has 7 heteroatoms. The molecule has 0 fully saturated rings. The first-order valence-electron chi connectivity index (χ1n) is 5.58. The van der Waals surface area contributed by atoms with Crippen LogP contribution >= 0.6 is 11.3 Å². The largest absolute Gasteiger partial charge is 0.508 e. The number of phenols is 1. The molecule has 20 heavy (non-hydrogen) atoms. The zero-order valence-corrected chi connectivity index (χ0v) is 11.4. The first kappa shape index (κ1) is 13.9. The van der Waals surface area contributed by atoms with Gasteiger partial charge in [-0.15, -0.1) is 11.3 Å². The lowest BCUT2D eigenvalue weighted by Gasteiger charge is -2.08. The van der Waals surface area contributed by atoms with Crippen LogP contribution in [0, 0.1) is 0 Å². The molecule has 0 saturated heterocycles. The van der Waals surface area contributed by atoms with Crippen molar-refractivity contribution in [3.63, 3.8) is 0 Å². The van der Waals surface area contributed by atoms with Crippen LogP contribution in [0.1, 0.15) is 20.0 Å². The molecule has 1 aromatic carbocycles. The number of hydrogen-bond acceptors (Lipinski definition) is 6. The molecule has 0 unspecified atom stereocenters. The topological polar surface area (TPSA) is 102 Å². The van der Waals surface area contributed by atoms with E-state index in [1.807, 2.05) is 0 Å². The fraction of sp³-hybridized carbons (Fsp3) is 0.0769. The Balaban J connectivity index is 2.26. The predicted octanol–water partition coefficient (Wildman–Crippen LogP) is 2.07. The summed E-state index contributed by atoms with van der Waals surface area (Å²) in [7, 11) is 1.26. The molecule has 1 aromatic heterocycles. The molecule has 0 aliphatic rings. The van der Waals surface area contributed by atoms with Crippen LogP contribution in [0.2, 0.25) is 0 Å². The van der Waals surface area contributed by atoms with Crippen LogP contribution in [0.25, 0.3) is 0 Å². The summed E-state index contributed by atoms with van der Waals surface area (Å²) in [6.07, 6.45) is 0. The van der Waals surface area contributed by atoms with Gasteiger partial charge in [-0.05, 0) is 29.6 Å². The maximum absolute atomic E-state index is 12.1. The van der Waals surface area contributed by atoms with E-state index in [9.17, 15) is 14.7 Å². The van der Waals surface area contributed by atoms with E-state index in [0.717, 1.165) is 11.3 Å². The molecule has 0 saturated carbocycles. The van der Waals surface area contributed by atoms with Gasteiger partial charge in [0.15, 0.2) is 0 Å². The number of nitrogens with one attached hydrogen (secondary N) is 1. The third-order valence-electron chi connectivity index (χ3n) is 2.57. The van der Waals surface area contributed by atoms with E-state index < -0.39 is 11.9 Å². The summed E-state index contributed by atoms with van der Waals surface area (Å²) in [4.78, 5) is 23.9. The molecule has 0 aliphatic heterocycles. The molecule has 2 rings (SSSR count). The highest BCUT2D eigenvalue weighted by atomic mass is 32.1. The number of ether oxygens (including phenoxy) is 1. The minimum atomic E-state index is -0.529. The Labute approximate surface area is 118 Å². The Bertz CT molecular complexity index is 666. The third kappa shape index (κ3) is 2.72. The maximum atomic E-state index is 12.1. The molecule has 104 valence electrons. The summed E-state index contributed by atoms with van der Waals surface area (Å²) in [5.74, 6) is -1.11. The van der Waals surface area contributed by atoms with Crippen molar-refractivity contribution in [3.8, 4) is 5.75 Å². The van der Waals surface area contributed by atoms with E-state index >= 15 is 0 Å². The minimum Gasteiger partial charge on any atom is -0.508 e. The number of methoxy groups -OCH3 is 1. The Morgan fingerprint density at radius 2 is 2.10 bits per heavy atom. The summed E-state index contributed by atoms with van der Waals surface area (Å²) in [6, 6.07) is 5.67. The van der Waals surface area contributed by atoms with Gasteiger partial charge in [-0.2, -0.15) is 0 Å². The Kier molecular flexibility index (Phi) is 3.90. The second-order valence-electron chi connectivity index (χ2n) is 3.88. The van der Waals surface area contributed by atoms with Crippen LogP contribution in [0.4, 0.5) is 11.4 Å². The molecular formula is C13H12N2O4S. The molecule has 0 radical (unpaired) electrons. The molecule has 0 bridgehead atoms. The molecule has 4 N–H and O–H groups in total. The number of phenolic OH excluding ortho intramolecular Hbond substituents is 1. The van der Waals surface area contributed by atoms with Gasteiger partial charge in [-0.3, -0.25) is 4.79 Å². The van der Waals surface area contributed by atoms with Gasteiger partial charge in [0.05, 0.1) is 18.4 Å². The number of nitrogens with two attached hydrogens (primary N) is 1.